The molecule has 0 aliphatic carbocycles. The van der Waals surface area contributed by atoms with Gasteiger partial charge in [0.1, 0.15) is 5.65 Å². The lowest BCUT2D eigenvalue weighted by Crippen LogP contribution is -2.08. The van der Waals surface area contributed by atoms with E-state index in [1.165, 1.54) is 12.1 Å². The van der Waals surface area contributed by atoms with E-state index in [1.807, 2.05) is 6.07 Å². The Balaban J connectivity index is 2.29. The Morgan fingerprint density at radius 3 is 2.50 bits per heavy atom. The first-order chi connectivity index (χ1) is 9.48. The van der Waals surface area contributed by atoms with Crippen LogP contribution in [0, 0.1) is 0 Å². The Labute approximate surface area is 113 Å². The van der Waals surface area contributed by atoms with Gasteiger partial charge in [0.05, 0.1) is 11.3 Å². The van der Waals surface area contributed by atoms with E-state index in [0.717, 1.165) is 11.5 Å². The van der Waals surface area contributed by atoms with Crippen molar-refractivity contribution in [2.75, 3.05) is 0 Å². The summed E-state index contributed by atoms with van der Waals surface area (Å²) < 4.78 is 41.0. The molecule has 0 unspecified atom stereocenters. The van der Waals surface area contributed by atoms with Crippen molar-refractivity contribution < 1.29 is 13.2 Å². The third-order valence-electron chi connectivity index (χ3n) is 3.30. The molecule has 0 amide bonds. The standard InChI is InChI=1S/C15H11F3N2/c1-20-13(9-10-5-4-8-19-14(10)20)11-6-2-3-7-12(11)15(16,17)18/h2-9H,1H3. The molecule has 0 aliphatic heterocycles. The van der Waals surface area contributed by atoms with Crippen LogP contribution in [0.3, 0.4) is 0 Å². The first-order valence-electron chi connectivity index (χ1n) is 6.05. The molecule has 0 saturated carbocycles. The summed E-state index contributed by atoms with van der Waals surface area (Å²) in [6, 6.07) is 10.9. The molecule has 2 aromatic heterocycles. The molecule has 3 rings (SSSR count). The van der Waals surface area contributed by atoms with Crippen LogP contribution < -0.4 is 0 Å². The maximum Gasteiger partial charge on any atom is 0.417 e. The summed E-state index contributed by atoms with van der Waals surface area (Å²) in [7, 11) is 1.72. The van der Waals surface area contributed by atoms with Crippen LogP contribution in [0.4, 0.5) is 13.2 Å². The van der Waals surface area contributed by atoms with Crippen LogP contribution in [0.2, 0.25) is 0 Å². The number of benzene rings is 1. The van der Waals surface area contributed by atoms with Crippen LogP contribution in [0.5, 0.6) is 0 Å². The van der Waals surface area contributed by atoms with E-state index < -0.39 is 11.7 Å². The SMILES string of the molecule is Cn1c(-c2ccccc2C(F)(F)F)cc2cccnc21. The van der Waals surface area contributed by atoms with Gasteiger partial charge in [0, 0.05) is 24.2 Å². The molecule has 0 spiro atoms. The summed E-state index contributed by atoms with van der Waals surface area (Å²) >= 11 is 0. The maximum absolute atomic E-state index is 13.1. The van der Waals surface area contributed by atoms with Crippen molar-refractivity contribution >= 4 is 11.0 Å². The van der Waals surface area contributed by atoms with Crippen molar-refractivity contribution in [2.45, 2.75) is 6.18 Å². The van der Waals surface area contributed by atoms with Gasteiger partial charge in [0.15, 0.2) is 0 Å². The Morgan fingerprint density at radius 2 is 1.80 bits per heavy atom. The predicted molar refractivity (Wildman–Crippen MR) is 71.2 cm³/mol. The minimum atomic E-state index is -4.37. The maximum atomic E-state index is 13.1. The summed E-state index contributed by atoms with van der Waals surface area (Å²) in [5.74, 6) is 0. The number of fused-ring (bicyclic) bond motifs is 1. The molecule has 0 fully saturated rings. The summed E-state index contributed by atoms with van der Waals surface area (Å²) in [5.41, 5.74) is 0.706. The molecule has 0 saturated heterocycles. The molecular formula is C15H11F3N2. The first kappa shape index (κ1) is 12.7. The average molecular weight is 276 g/mol. The van der Waals surface area contributed by atoms with Gasteiger partial charge in [-0.05, 0) is 24.3 Å². The molecule has 3 aromatic rings. The number of pyridine rings is 1. The van der Waals surface area contributed by atoms with Crippen molar-refractivity contribution in [3.8, 4) is 11.3 Å². The summed E-state index contributed by atoms with van der Waals surface area (Å²) in [6.07, 6.45) is -2.75. The molecule has 0 atom stereocenters. The summed E-state index contributed by atoms with van der Waals surface area (Å²) in [6.45, 7) is 0. The van der Waals surface area contributed by atoms with Gasteiger partial charge >= 0.3 is 6.18 Å². The Morgan fingerprint density at radius 1 is 1.05 bits per heavy atom. The molecule has 102 valence electrons. The number of aryl methyl sites for hydroxylation is 1. The number of alkyl halides is 3. The zero-order valence-electron chi connectivity index (χ0n) is 10.6. The van der Waals surface area contributed by atoms with Gasteiger partial charge in [0.25, 0.3) is 0 Å². The van der Waals surface area contributed by atoms with Crippen molar-refractivity contribution in [3.05, 3.63) is 54.2 Å². The number of hydrogen-bond acceptors (Lipinski definition) is 1. The predicted octanol–water partition coefficient (Wildman–Crippen LogP) is 4.26. The van der Waals surface area contributed by atoms with Gasteiger partial charge in [-0.3, -0.25) is 0 Å². The van der Waals surface area contributed by atoms with E-state index in [0.29, 0.717) is 11.3 Å². The molecule has 0 aliphatic rings. The van der Waals surface area contributed by atoms with Crippen molar-refractivity contribution in [2.24, 2.45) is 7.05 Å². The fraction of sp³-hybridized carbons (Fsp3) is 0.133. The number of halogens is 3. The van der Waals surface area contributed by atoms with Crippen LogP contribution in [0.25, 0.3) is 22.3 Å². The number of nitrogens with zero attached hydrogens (tertiary/aromatic N) is 2. The highest BCUT2D eigenvalue weighted by atomic mass is 19.4. The van der Waals surface area contributed by atoms with Crippen molar-refractivity contribution in [1.29, 1.82) is 0 Å². The molecule has 0 N–H and O–H groups in total. The van der Waals surface area contributed by atoms with Crippen LogP contribution in [-0.2, 0) is 13.2 Å². The highest BCUT2D eigenvalue weighted by molar-refractivity contribution is 5.84. The van der Waals surface area contributed by atoms with E-state index in [-0.39, 0.29) is 5.56 Å². The first-order valence-corrected chi connectivity index (χ1v) is 6.05. The summed E-state index contributed by atoms with van der Waals surface area (Å²) in [4.78, 5) is 4.20. The molecule has 2 heterocycles. The molecule has 1 aromatic carbocycles. The smallest absolute Gasteiger partial charge is 0.328 e. The quantitative estimate of drug-likeness (QED) is 0.649. The lowest BCUT2D eigenvalue weighted by molar-refractivity contribution is -0.137. The fourth-order valence-corrected chi connectivity index (χ4v) is 2.37. The van der Waals surface area contributed by atoms with Gasteiger partial charge in [-0.25, -0.2) is 4.98 Å². The van der Waals surface area contributed by atoms with E-state index >= 15 is 0 Å². The van der Waals surface area contributed by atoms with Crippen LogP contribution in [-0.4, -0.2) is 9.55 Å². The van der Waals surface area contributed by atoms with E-state index in [1.54, 1.807) is 36.0 Å². The number of rotatable bonds is 1. The highest BCUT2D eigenvalue weighted by Gasteiger charge is 2.33. The van der Waals surface area contributed by atoms with Crippen molar-refractivity contribution in [1.82, 2.24) is 9.55 Å². The zero-order chi connectivity index (χ0) is 14.3. The van der Waals surface area contributed by atoms with Crippen LogP contribution in [0.15, 0.2) is 48.7 Å². The monoisotopic (exact) mass is 276 g/mol. The molecule has 0 bridgehead atoms. The Kier molecular flexibility index (Phi) is 2.78. The zero-order valence-corrected chi connectivity index (χ0v) is 10.6. The van der Waals surface area contributed by atoms with E-state index in [9.17, 15) is 13.2 Å². The van der Waals surface area contributed by atoms with Gasteiger partial charge in [-0.2, -0.15) is 13.2 Å². The van der Waals surface area contributed by atoms with Gasteiger partial charge < -0.3 is 4.57 Å². The van der Waals surface area contributed by atoms with Crippen LogP contribution in [0.1, 0.15) is 5.56 Å². The fourth-order valence-electron chi connectivity index (χ4n) is 2.37. The lowest BCUT2D eigenvalue weighted by Gasteiger charge is -2.13. The van der Waals surface area contributed by atoms with Gasteiger partial charge in [0.2, 0.25) is 0 Å². The largest absolute Gasteiger partial charge is 0.417 e. The number of aromatic nitrogens is 2. The average Bonchev–Trinajstić information content (AvgIpc) is 2.76. The molecule has 2 nitrogen and oxygen atoms in total. The normalized spacial score (nSPS) is 12.0. The molecular weight excluding hydrogens is 265 g/mol. The molecule has 20 heavy (non-hydrogen) atoms. The Bertz CT molecular complexity index is 772. The lowest BCUT2D eigenvalue weighted by atomic mass is 10.0. The third-order valence-corrected chi connectivity index (χ3v) is 3.30. The third kappa shape index (κ3) is 1.95. The second kappa shape index (κ2) is 4.37. The van der Waals surface area contributed by atoms with Gasteiger partial charge in [-0.15, -0.1) is 0 Å². The van der Waals surface area contributed by atoms with Crippen LogP contribution >= 0.6 is 0 Å². The summed E-state index contributed by atoms with van der Waals surface area (Å²) in [5, 5.41) is 0.821. The molecule has 0 radical (unpaired) electrons. The Hall–Kier alpha value is -2.30. The van der Waals surface area contributed by atoms with Crippen molar-refractivity contribution in [3.63, 3.8) is 0 Å². The second-order valence-corrected chi connectivity index (χ2v) is 4.55. The topological polar surface area (TPSA) is 17.8 Å². The van der Waals surface area contributed by atoms with E-state index in [4.69, 9.17) is 0 Å². The van der Waals surface area contributed by atoms with Gasteiger partial charge in [-0.1, -0.05) is 18.2 Å². The number of hydrogen-bond donors (Lipinski definition) is 0. The second-order valence-electron chi connectivity index (χ2n) is 4.55. The minimum Gasteiger partial charge on any atom is -0.328 e. The highest BCUT2D eigenvalue weighted by Crippen LogP contribution is 2.38. The van der Waals surface area contributed by atoms with E-state index in [2.05, 4.69) is 4.98 Å². The minimum absolute atomic E-state index is 0.167. The molecule has 5 heteroatoms.